The highest BCUT2D eigenvalue weighted by atomic mass is 16.6. The fourth-order valence-electron chi connectivity index (χ4n) is 2.99. The van der Waals surface area contributed by atoms with Gasteiger partial charge in [-0.1, -0.05) is 6.42 Å². The second-order valence-corrected chi connectivity index (χ2v) is 6.12. The van der Waals surface area contributed by atoms with Gasteiger partial charge in [0.25, 0.3) is 5.69 Å². The fraction of sp³-hybridized carbons (Fsp3) is 0.667. The van der Waals surface area contributed by atoms with E-state index in [0.29, 0.717) is 17.6 Å². The van der Waals surface area contributed by atoms with Crippen molar-refractivity contribution in [2.24, 2.45) is 0 Å². The van der Waals surface area contributed by atoms with Crippen LogP contribution in [0.15, 0.2) is 12.3 Å². The van der Waals surface area contributed by atoms with Crippen LogP contribution in [0.25, 0.3) is 0 Å². The first-order valence-corrected chi connectivity index (χ1v) is 7.76. The van der Waals surface area contributed by atoms with Crippen LogP contribution < -0.4 is 10.2 Å². The van der Waals surface area contributed by atoms with E-state index in [1.54, 1.807) is 19.2 Å². The summed E-state index contributed by atoms with van der Waals surface area (Å²) in [7, 11) is 0. The molecule has 1 N–H and O–H groups in total. The van der Waals surface area contributed by atoms with E-state index < -0.39 is 0 Å². The van der Waals surface area contributed by atoms with Gasteiger partial charge in [-0.2, -0.15) is 0 Å². The summed E-state index contributed by atoms with van der Waals surface area (Å²) in [6.45, 7) is 3.71. The molecule has 0 bridgehead atoms. The summed E-state index contributed by atoms with van der Waals surface area (Å²) in [5.74, 6) is 0.752. The van der Waals surface area contributed by atoms with Crippen LogP contribution in [0.4, 0.5) is 11.5 Å². The van der Waals surface area contributed by atoms with Crippen molar-refractivity contribution in [3.63, 3.8) is 0 Å². The molecule has 114 valence electrons. The average Bonchev–Trinajstić information content (AvgIpc) is 3.31. The first-order chi connectivity index (χ1) is 10.1. The molecule has 1 aliphatic heterocycles. The number of rotatable bonds is 5. The minimum Gasteiger partial charge on any atom is -0.352 e. The van der Waals surface area contributed by atoms with Gasteiger partial charge in [0.15, 0.2) is 0 Å². The highest BCUT2D eigenvalue weighted by molar-refractivity contribution is 5.52. The number of piperidine rings is 1. The molecule has 1 unspecified atom stereocenters. The number of anilines is 1. The van der Waals surface area contributed by atoms with Gasteiger partial charge >= 0.3 is 0 Å². The summed E-state index contributed by atoms with van der Waals surface area (Å²) in [6, 6.07) is 2.61. The SMILES string of the molecule is Cc1cnc(N(CC2CCCCN2)C2CC2)cc1[N+](=O)[O-]. The van der Waals surface area contributed by atoms with E-state index >= 15 is 0 Å². The van der Waals surface area contributed by atoms with Crippen molar-refractivity contribution in [3.8, 4) is 0 Å². The van der Waals surface area contributed by atoms with Crippen molar-refractivity contribution in [2.45, 2.75) is 51.1 Å². The predicted octanol–water partition coefficient (Wildman–Crippen LogP) is 2.41. The van der Waals surface area contributed by atoms with Crippen LogP contribution in [0.1, 0.15) is 37.7 Å². The van der Waals surface area contributed by atoms with Gasteiger partial charge in [-0.15, -0.1) is 0 Å². The Hall–Kier alpha value is -1.69. The van der Waals surface area contributed by atoms with E-state index in [1.165, 1.54) is 19.3 Å². The molecule has 0 spiro atoms. The smallest absolute Gasteiger partial charge is 0.277 e. The predicted molar refractivity (Wildman–Crippen MR) is 81.6 cm³/mol. The van der Waals surface area contributed by atoms with E-state index in [0.717, 1.165) is 31.7 Å². The molecule has 1 aliphatic carbocycles. The first kappa shape index (κ1) is 14.3. The Bertz CT molecular complexity index is 524. The van der Waals surface area contributed by atoms with E-state index in [2.05, 4.69) is 15.2 Å². The molecule has 1 saturated carbocycles. The summed E-state index contributed by atoms with van der Waals surface area (Å²) in [4.78, 5) is 17.5. The Morgan fingerprint density at radius 1 is 1.43 bits per heavy atom. The number of hydrogen-bond acceptors (Lipinski definition) is 5. The highest BCUT2D eigenvalue weighted by Gasteiger charge is 2.32. The van der Waals surface area contributed by atoms with Crippen LogP contribution in [-0.2, 0) is 0 Å². The van der Waals surface area contributed by atoms with Gasteiger partial charge < -0.3 is 10.2 Å². The largest absolute Gasteiger partial charge is 0.352 e. The topological polar surface area (TPSA) is 71.3 Å². The lowest BCUT2D eigenvalue weighted by Crippen LogP contribution is -2.44. The van der Waals surface area contributed by atoms with Crippen molar-refractivity contribution < 1.29 is 4.92 Å². The van der Waals surface area contributed by atoms with Gasteiger partial charge in [0.2, 0.25) is 0 Å². The number of nitrogens with one attached hydrogen (secondary N) is 1. The second kappa shape index (κ2) is 5.97. The minimum atomic E-state index is -0.315. The van der Waals surface area contributed by atoms with E-state index in [9.17, 15) is 10.1 Å². The van der Waals surface area contributed by atoms with Crippen LogP contribution in [0, 0.1) is 17.0 Å². The zero-order valence-corrected chi connectivity index (χ0v) is 12.4. The van der Waals surface area contributed by atoms with Crippen LogP contribution in [0.2, 0.25) is 0 Å². The average molecular weight is 290 g/mol. The summed E-state index contributed by atoms with van der Waals surface area (Å²) in [6.07, 6.45) is 7.63. The standard InChI is InChI=1S/C15H22N4O2/c1-11-9-17-15(8-14(11)19(20)21)18(13-5-6-13)10-12-4-2-3-7-16-12/h8-9,12-13,16H,2-7,10H2,1H3. The lowest BCUT2D eigenvalue weighted by atomic mass is 10.0. The number of hydrogen-bond donors (Lipinski definition) is 1. The third kappa shape index (κ3) is 3.32. The molecule has 1 atom stereocenters. The first-order valence-electron chi connectivity index (χ1n) is 7.76. The normalized spacial score (nSPS) is 22.0. The van der Waals surface area contributed by atoms with E-state index in [1.807, 2.05) is 0 Å². The number of aromatic nitrogens is 1. The molecule has 1 aromatic rings. The van der Waals surface area contributed by atoms with Gasteiger partial charge in [0.1, 0.15) is 5.82 Å². The molecule has 1 saturated heterocycles. The monoisotopic (exact) mass is 290 g/mol. The van der Waals surface area contributed by atoms with Gasteiger partial charge in [-0.25, -0.2) is 4.98 Å². The van der Waals surface area contributed by atoms with E-state index in [4.69, 9.17) is 0 Å². The molecule has 1 aromatic heterocycles. The molecule has 2 aliphatic rings. The molecule has 21 heavy (non-hydrogen) atoms. The molecule has 3 rings (SSSR count). The molecule has 0 aromatic carbocycles. The minimum absolute atomic E-state index is 0.169. The maximum absolute atomic E-state index is 11.1. The van der Waals surface area contributed by atoms with Crippen LogP contribution in [-0.4, -0.2) is 35.1 Å². The molecule has 2 heterocycles. The summed E-state index contributed by atoms with van der Waals surface area (Å²) in [5, 5.41) is 14.7. The van der Waals surface area contributed by atoms with Gasteiger partial charge in [-0.05, 0) is 39.2 Å². The van der Waals surface area contributed by atoms with Crippen molar-refractivity contribution in [2.75, 3.05) is 18.0 Å². The summed E-state index contributed by atoms with van der Waals surface area (Å²) >= 11 is 0. The lowest BCUT2D eigenvalue weighted by Gasteiger charge is -2.31. The quantitative estimate of drug-likeness (QED) is 0.666. The molecule has 2 fully saturated rings. The van der Waals surface area contributed by atoms with E-state index in [-0.39, 0.29) is 10.6 Å². The van der Waals surface area contributed by atoms with Gasteiger partial charge in [-0.3, -0.25) is 10.1 Å². The Labute approximate surface area is 124 Å². The number of nitro groups is 1. The maximum atomic E-state index is 11.1. The summed E-state index contributed by atoms with van der Waals surface area (Å²) < 4.78 is 0. The van der Waals surface area contributed by atoms with Crippen molar-refractivity contribution in [1.29, 1.82) is 0 Å². The highest BCUT2D eigenvalue weighted by Crippen LogP contribution is 2.33. The number of aryl methyl sites for hydroxylation is 1. The van der Waals surface area contributed by atoms with Crippen molar-refractivity contribution >= 4 is 11.5 Å². The third-order valence-corrected chi connectivity index (χ3v) is 4.37. The van der Waals surface area contributed by atoms with Gasteiger partial charge in [0, 0.05) is 30.4 Å². The second-order valence-electron chi connectivity index (χ2n) is 6.12. The Kier molecular flexibility index (Phi) is 4.05. The third-order valence-electron chi connectivity index (χ3n) is 4.37. The Balaban J connectivity index is 1.80. The maximum Gasteiger partial charge on any atom is 0.277 e. The molecule has 6 nitrogen and oxygen atoms in total. The molecule has 0 radical (unpaired) electrons. The van der Waals surface area contributed by atoms with Crippen LogP contribution in [0.3, 0.4) is 0 Å². The Morgan fingerprint density at radius 2 is 2.24 bits per heavy atom. The zero-order valence-electron chi connectivity index (χ0n) is 12.4. The summed E-state index contributed by atoms with van der Waals surface area (Å²) in [5.41, 5.74) is 0.789. The molecule has 6 heteroatoms. The zero-order chi connectivity index (χ0) is 14.8. The number of nitrogens with zero attached hydrogens (tertiary/aromatic N) is 3. The Morgan fingerprint density at radius 3 is 2.86 bits per heavy atom. The molecular formula is C15H22N4O2. The molecular weight excluding hydrogens is 268 g/mol. The molecule has 0 amide bonds. The van der Waals surface area contributed by atoms with Crippen molar-refractivity contribution in [3.05, 3.63) is 27.9 Å². The fourth-order valence-corrected chi connectivity index (χ4v) is 2.99. The lowest BCUT2D eigenvalue weighted by molar-refractivity contribution is -0.385. The van der Waals surface area contributed by atoms with Crippen LogP contribution in [0.5, 0.6) is 0 Å². The van der Waals surface area contributed by atoms with Crippen molar-refractivity contribution in [1.82, 2.24) is 10.3 Å². The van der Waals surface area contributed by atoms with Crippen LogP contribution >= 0.6 is 0 Å². The van der Waals surface area contributed by atoms with Gasteiger partial charge in [0.05, 0.1) is 11.0 Å². The number of pyridine rings is 1.